The fraction of sp³-hybridized carbons (Fsp3) is 1.00. The van der Waals surface area contributed by atoms with Crippen LogP contribution in [0.15, 0.2) is 0 Å². The molecule has 1 heteroatoms. The summed E-state index contributed by atoms with van der Waals surface area (Å²) in [6, 6.07) is 0. The predicted molar refractivity (Wildman–Crippen MR) is 42.7 cm³/mol. The summed E-state index contributed by atoms with van der Waals surface area (Å²) in [6.07, 6.45) is 6.88. The zero-order valence-corrected chi connectivity index (χ0v) is 6.77. The summed E-state index contributed by atoms with van der Waals surface area (Å²) < 4.78 is 0. The Morgan fingerprint density at radius 1 is 1.30 bits per heavy atom. The highest BCUT2D eigenvalue weighted by Crippen LogP contribution is 2.58. The summed E-state index contributed by atoms with van der Waals surface area (Å²) in [7, 11) is 0. The van der Waals surface area contributed by atoms with Crippen molar-refractivity contribution in [3.63, 3.8) is 0 Å². The van der Waals surface area contributed by atoms with Gasteiger partial charge in [-0.3, -0.25) is 0 Å². The summed E-state index contributed by atoms with van der Waals surface area (Å²) in [4.78, 5) is 0. The molecule has 2 saturated carbocycles. The first-order valence-electron chi connectivity index (χ1n) is 4.58. The highest BCUT2D eigenvalue weighted by Gasteiger charge is 2.60. The maximum atomic E-state index is 6.20. The molecule has 0 spiro atoms. The minimum atomic E-state index is 0.288. The number of hydrogen-bond acceptors (Lipinski definition) is 1. The second-order valence-electron chi connectivity index (χ2n) is 3.96. The van der Waals surface area contributed by atoms with Gasteiger partial charge in [0.15, 0.2) is 0 Å². The average molecular weight is 139 g/mol. The number of nitrogens with two attached hydrogens (primary N) is 1. The minimum Gasteiger partial charge on any atom is -0.325 e. The predicted octanol–water partition coefficient (Wildman–Crippen LogP) is 1.91. The van der Waals surface area contributed by atoms with Crippen molar-refractivity contribution in [3.05, 3.63) is 0 Å². The van der Waals surface area contributed by atoms with E-state index in [4.69, 9.17) is 5.73 Å². The lowest BCUT2D eigenvalue weighted by Gasteiger charge is -2.05. The maximum Gasteiger partial charge on any atom is 0.0215 e. The molecule has 58 valence electrons. The molecule has 0 bridgehead atoms. The van der Waals surface area contributed by atoms with Gasteiger partial charge in [-0.2, -0.15) is 0 Å². The Bertz CT molecular complexity index is 130. The van der Waals surface area contributed by atoms with Crippen molar-refractivity contribution < 1.29 is 0 Å². The topological polar surface area (TPSA) is 26.0 Å². The molecular weight excluding hydrogens is 122 g/mol. The van der Waals surface area contributed by atoms with Gasteiger partial charge in [0.05, 0.1) is 0 Å². The van der Waals surface area contributed by atoms with Crippen LogP contribution in [0.5, 0.6) is 0 Å². The van der Waals surface area contributed by atoms with E-state index in [0.29, 0.717) is 0 Å². The summed E-state index contributed by atoms with van der Waals surface area (Å²) >= 11 is 0. The summed E-state index contributed by atoms with van der Waals surface area (Å²) in [5.74, 6) is 1.82. The fourth-order valence-electron chi connectivity index (χ4n) is 2.82. The molecule has 0 amide bonds. The van der Waals surface area contributed by atoms with Crippen LogP contribution >= 0.6 is 0 Å². The molecule has 0 aromatic rings. The van der Waals surface area contributed by atoms with E-state index in [1.807, 2.05) is 0 Å². The number of hydrogen-bond donors (Lipinski definition) is 1. The normalized spacial score (nSPS) is 52.2. The van der Waals surface area contributed by atoms with E-state index in [-0.39, 0.29) is 5.54 Å². The molecule has 2 fully saturated rings. The van der Waals surface area contributed by atoms with Gasteiger partial charge < -0.3 is 5.73 Å². The summed E-state index contributed by atoms with van der Waals surface area (Å²) in [5, 5.41) is 0. The van der Waals surface area contributed by atoms with Crippen molar-refractivity contribution in [2.75, 3.05) is 0 Å². The minimum absolute atomic E-state index is 0.288. The van der Waals surface area contributed by atoms with Crippen molar-refractivity contribution in [1.82, 2.24) is 0 Å². The molecule has 10 heavy (non-hydrogen) atoms. The Kier molecular flexibility index (Phi) is 1.31. The third-order valence-corrected chi connectivity index (χ3v) is 3.65. The molecule has 2 aliphatic rings. The van der Waals surface area contributed by atoms with Gasteiger partial charge in [0, 0.05) is 5.54 Å². The van der Waals surface area contributed by atoms with Gasteiger partial charge in [-0.05, 0) is 31.1 Å². The van der Waals surface area contributed by atoms with E-state index in [2.05, 4.69) is 6.92 Å². The monoisotopic (exact) mass is 139 g/mol. The third kappa shape index (κ3) is 0.672. The molecule has 1 nitrogen and oxygen atoms in total. The van der Waals surface area contributed by atoms with Crippen LogP contribution in [0.1, 0.15) is 39.0 Å². The molecule has 2 aliphatic carbocycles. The van der Waals surface area contributed by atoms with E-state index in [1.165, 1.54) is 32.1 Å². The van der Waals surface area contributed by atoms with Gasteiger partial charge in [0.1, 0.15) is 0 Å². The molecule has 0 saturated heterocycles. The van der Waals surface area contributed by atoms with Gasteiger partial charge in [-0.25, -0.2) is 0 Å². The summed E-state index contributed by atoms with van der Waals surface area (Å²) in [6.45, 7) is 2.23. The van der Waals surface area contributed by atoms with Crippen molar-refractivity contribution in [1.29, 1.82) is 0 Å². The standard InChI is InChI=1S/C9H17N/c1-2-9(10)7-5-3-4-6-8(7)9/h7-8H,2-6,10H2,1H3. The molecule has 0 radical (unpaired) electrons. The number of rotatable bonds is 1. The Balaban J connectivity index is 2.04. The molecular formula is C9H17N. The molecule has 0 aliphatic heterocycles. The third-order valence-electron chi connectivity index (χ3n) is 3.65. The maximum absolute atomic E-state index is 6.20. The van der Waals surface area contributed by atoms with Crippen LogP contribution in [0.4, 0.5) is 0 Å². The van der Waals surface area contributed by atoms with Crippen molar-refractivity contribution in [3.8, 4) is 0 Å². The first kappa shape index (κ1) is 6.66. The van der Waals surface area contributed by atoms with Crippen LogP contribution in [0, 0.1) is 11.8 Å². The lowest BCUT2D eigenvalue weighted by molar-refractivity contribution is 0.480. The van der Waals surface area contributed by atoms with Crippen LogP contribution in [0.2, 0.25) is 0 Å². The Morgan fingerprint density at radius 2 is 1.80 bits per heavy atom. The zero-order valence-electron chi connectivity index (χ0n) is 6.77. The van der Waals surface area contributed by atoms with E-state index in [0.717, 1.165) is 11.8 Å². The van der Waals surface area contributed by atoms with E-state index < -0.39 is 0 Å². The Morgan fingerprint density at radius 3 is 2.20 bits per heavy atom. The molecule has 2 atom stereocenters. The molecule has 0 aromatic carbocycles. The van der Waals surface area contributed by atoms with Crippen LogP contribution in [0.25, 0.3) is 0 Å². The average Bonchev–Trinajstić information content (AvgIpc) is 2.60. The largest absolute Gasteiger partial charge is 0.325 e. The molecule has 0 heterocycles. The zero-order chi connectivity index (χ0) is 7.19. The van der Waals surface area contributed by atoms with Gasteiger partial charge in [-0.1, -0.05) is 19.8 Å². The Hall–Kier alpha value is -0.0400. The summed E-state index contributed by atoms with van der Waals surface area (Å²) in [5.41, 5.74) is 6.48. The van der Waals surface area contributed by atoms with Gasteiger partial charge in [0.25, 0.3) is 0 Å². The molecule has 0 aromatic heterocycles. The highest BCUT2D eigenvalue weighted by molar-refractivity contribution is 5.15. The van der Waals surface area contributed by atoms with Crippen LogP contribution in [-0.4, -0.2) is 5.54 Å². The fourth-order valence-corrected chi connectivity index (χ4v) is 2.82. The molecule has 2 N–H and O–H groups in total. The van der Waals surface area contributed by atoms with Gasteiger partial charge >= 0.3 is 0 Å². The lowest BCUT2D eigenvalue weighted by Crippen LogP contribution is -2.25. The second-order valence-corrected chi connectivity index (χ2v) is 3.96. The lowest BCUT2D eigenvalue weighted by atomic mass is 10.0. The van der Waals surface area contributed by atoms with E-state index in [1.54, 1.807) is 0 Å². The van der Waals surface area contributed by atoms with E-state index in [9.17, 15) is 0 Å². The smallest absolute Gasteiger partial charge is 0.0215 e. The first-order chi connectivity index (χ1) is 4.79. The first-order valence-corrected chi connectivity index (χ1v) is 4.58. The SMILES string of the molecule is CCC1(N)C2CCCCC21. The second kappa shape index (κ2) is 1.97. The highest BCUT2D eigenvalue weighted by atomic mass is 14.9. The Labute approximate surface area is 63.0 Å². The van der Waals surface area contributed by atoms with Gasteiger partial charge in [0.2, 0.25) is 0 Å². The van der Waals surface area contributed by atoms with Crippen LogP contribution in [-0.2, 0) is 0 Å². The van der Waals surface area contributed by atoms with E-state index >= 15 is 0 Å². The van der Waals surface area contributed by atoms with Crippen molar-refractivity contribution >= 4 is 0 Å². The quantitative estimate of drug-likeness (QED) is 0.590. The van der Waals surface area contributed by atoms with Crippen LogP contribution < -0.4 is 5.73 Å². The van der Waals surface area contributed by atoms with Crippen molar-refractivity contribution in [2.24, 2.45) is 17.6 Å². The molecule has 2 unspecified atom stereocenters. The number of fused-ring (bicyclic) bond motifs is 1. The molecule has 2 rings (SSSR count). The van der Waals surface area contributed by atoms with Crippen LogP contribution in [0.3, 0.4) is 0 Å². The van der Waals surface area contributed by atoms with Crippen molar-refractivity contribution in [2.45, 2.75) is 44.6 Å². The van der Waals surface area contributed by atoms with Gasteiger partial charge in [-0.15, -0.1) is 0 Å².